The van der Waals surface area contributed by atoms with E-state index in [0.29, 0.717) is 30.2 Å². The molecule has 0 saturated carbocycles. The topological polar surface area (TPSA) is 80.4 Å². The number of amides is 1. The molecule has 1 aromatic carbocycles. The quantitative estimate of drug-likeness (QED) is 0.845. The van der Waals surface area contributed by atoms with E-state index in [1.54, 1.807) is 12.1 Å². The first kappa shape index (κ1) is 15.4. The maximum absolute atomic E-state index is 12.3. The third kappa shape index (κ3) is 3.16. The van der Waals surface area contributed by atoms with E-state index in [0.717, 1.165) is 11.8 Å². The summed E-state index contributed by atoms with van der Waals surface area (Å²) in [5.74, 6) is 0.741. The highest BCUT2D eigenvalue weighted by atomic mass is 16.5. The van der Waals surface area contributed by atoms with Crippen LogP contribution in [0.25, 0.3) is 10.9 Å². The van der Waals surface area contributed by atoms with E-state index in [4.69, 9.17) is 9.47 Å². The number of benzene rings is 1. The molecule has 0 saturated heterocycles. The van der Waals surface area contributed by atoms with Crippen LogP contribution in [0.5, 0.6) is 11.5 Å². The number of rotatable bonds is 1. The number of carbonyl (C=O) groups is 1. The lowest BCUT2D eigenvalue weighted by molar-refractivity contribution is 0.0918. The van der Waals surface area contributed by atoms with Crippen molar-refractivity contribution in [3.05, 3.63) is 34.1 Å². The van der Waals surface area contributed by atoms with Crippen LogP contribution in [0.4, 0.5) is 0 Å². The molecule has 1 aliphatic rings. The van der Waals surface area contributed by atoms with Gasteiger partial charge < -0.3 is 19.8 Å². The maximum atomic E-state index is 12.3. The summed E-state index contributed by atoms with van der Waals surface area (Å²) in [4.78, 5) is 27.4. The Morgan fingerprint density at radius 2 is 1.96 bits per heavy atom. The lowest BCUT2D eigenvalue weighted by Crippen LogP contribution is -2.42. The van der Waals surface area contributed by atoms with Crippen molar-refractivity contribution in [2.75, 3.05) is 13.2 Å². The van der Waals surface area contributed by atoms with Gasteiger partial charge in [0.2, 0.25) is 0 Å². The normalized spacial score (nSPS) is 14.4. The van der Waals surface area contributed by atoms with E-state index in [-0.39, 0.29) is 5.56 Å². The van der Waals surface area contributed by atoms with Gasteiger partial charge in [0.25, 0.3) is 11.5 Å². The minimum Gasteiger partial charge on any atom is -0.489 e. The summed E-state index contributed by atoms with van der Waals surface area (Å²) in [5.41, 5.74) is -0.215. The molecule has 3 rings (SSSR count). The molecule has 1 aromatic heterocycles. The van der Waals surface area contributed by atoms with Crippen LogP contribution in [0, 0.1) is 0 Å². The first-order chi connectivity index (χ1) is 10.8. The van der Waals surface area contributed by atoms with Crippen LogP contribution in [-0.4, -0.2) is 29.6 Å². The zero-order valence-electron chi connectivity index (χ0n) is 13.5. The number of fused-ring (bicyclic) bond motifs is 3. The summed E-state index contributed by atoms with van der Waals surface area (Å²) in [6.45, 7) is 6.71. The van der Waals surface area contributed by atoms with Crippen LogP contribution in [0.2, 0.25) is 0 Å². The van der Waals surface area contributed by atoms with E-state index >= 15 is 0 Å². The van der Waals surface area contributed by atoms with Gasteiger partial charge in [-0.15, -0.1) is 0 Å². The predicted octanol–water partition coefficient (Wildman–Crippen LogP) is 2.22. The number of H-pyrrole nitrogens is 1. The van der Waals surface area contributed by atoms with Gasteiger partial charge in [-0.3, -0.25) is 9.59 Å². The lowest BCUT2D eigenvalue weighted by Gasteiger charge is -2.20. The molecule has 6 nitrogen and oxygen atoms in total. The summed E-state index contributed by atoms with van der Waals surface area (Å²) in [7, 11) is 0. The van der Waals surface area contributed by atoms with Crippen molar-refractivity contribution in [1.82, 2.24) is 10.3 Å². The third-order valence-corrected chi connectivity index (χ3v) is 3.46. The molecular formula is C17H20N2O4. The summed E-state index contributed by atoms with van der Waals surface area (Å²) in [5, 5.41) is 3.53. The van der Waals surface area contributed by atoms with Crippen LogP contribution in [0.1, 0.15) is 37.6 Å². The van der Waals surface area contributed by atoms with Gasteiger partial charge in [-0.05, 0) is 39.0 Å². The van der Waals surface area contributed by atoms with E-state index in [1.165, 1.54) is 0 Å². The first-order valence-electron chi connectivity index (χ1n) is 7.63. The Hall–Kier alpha value is -2.50. The molecule has 0 bridgehead atoms. The lowest BCUT2D eigenvalue weighted by atomic mass is 10.1. The van der Waals surface area contributed by atoms with Gasteiger partial charge in [0.15, 0.2) is 11.5 Å². The second-order valence-electron chi connectivity index (χ2n) is 6.62. The van der Waals surface area contributed by atoms with Gasteiger partial charge in [0, 0.05) is 17.3 Å². The standard InChI is InChI=1S/C17H20N2O4/c1-17(2,3)19-16(21)11-9-10-5-6-12-14(13(10)18-15(11)20)23-8-4-7-22-12/h5-6,9H,4,7-8H2,1-3H3,(H,18,20)(H,19,21). The van der Waals surface area contributed by atoms with Gasteiger partial charge in [-0.25, -0.2) is 0 Å². The van der Waals surface area contributed by atoms with Gasteiger partial charge >= 0.3 is 0 Å². The van der Waals surface area contributed by atoms with Crippen LogP contribution in [0.15, 0.2) is 23.0 Å². The molecule has 0 atom stereocenters. The Morgan fingerprint density at radius 1 is 1.22 bits per heavy atom. The van der Waals surface area contributed by atoms with E-state index in [1.807, 2.05) is 26.8 Å². The maximum Gasteiger partial charge on any atom is 0.261 e. The molecular weight excluding hydrogens is 296 g/mol. The molecule has 0 aliphatic carbocycles. The van der Waals surface area contributed by atoms with Crippen molar-refractivity contribution in [2.24, 2.45) is 0 Å². The average Bonchev–Trinajstić information content (AvgIpc) is 2.70. The molecule has 6 heteroatoms. The Balaban J connectivity index is 2.09. The largest absolute Gasteiger partial charge is 0.489 e. The SMILES string of the molecule is CC(C)(C)NC(=O)c1cc2ccc3c(c2[nH]c1=O)OCCCO3. The molecule has 2 heterocycles. The Bertz CT molecular complexity index is 818. The second-order valence-corrected chi connectivity index (χ2v) is 6.62. The van der Waals surface area contributed by atoms with Gasteiger partial charge in [-0.1, -0.05) is 0 Å². The summed E-state index contributed by atoms with van der Waals surface area (Å²) >= 11 is 0. The highest BCUT2D eigenvalue weighted by molar-refractivity contribution is 5.98. The van der Waals surface area contributed by atoms with Crippen LogP contribution >= 0.6 is 0 Å². The number of ether oxygens (including phenoxy) is 2. The highest BCUT2D eigenvalue weighted by Gasteiger charge is 2.20. The Labute approximate surface area is 133 Å². The average molecular weight is 316 g/mol. The number of hydrogen-bond donors (Lipinski definition) is 2. The molecule has 0 spiro atoms. The van der Waals surface area contributed by atoms with Crippen molar-refractivity contribution in [3.63, 3.8) is 0 Å². The van der Waals surface area contributed by atoms with Crippen molar-refractivity contribution in [1.29, 1.82) is 0 Å². The zero-order chi connectivity index (χ0) is 16.6. The molecule has 2 N–H and O–H groups in total. The fraction of sp³-hybridized carbons (Fsp3) is 0.412. The van der Waals surface area contributed by atoms with E-state index < -0.39 is 17.0 Å². The van der Waals surface area contributed by atoms with Crippen LogP contribution in [-0.2, 0) is 0 Å². The fourth-order valence-electron chi connectivity index (χ4n) is 2.48. The molecule has 0 radical (unpaired) electrons. The van der Waals surface area contributed by atoms with Crippen molar-refractivity contribution >= 4 is 16.8 Å². The summed E-state index contributed by atoms with van der Waals surface area (Å²) in [6.07, 6.45) is 0.784. The van der Waals surface area contributed by atoms with Crippen molar-refractivity contribution in [2.45, 2.75) is 32.7 Å². The number of aromatic nitrogens is 1. The zero-order valence-corrected chi connectivity index (χ0v) is 13.5. The molecule has 0 unspecified atom stereocenters. The van der Waals surface area contributed by atoms with Gasteiger partial charge in [0.1, 0.15) is 5.56 Å². The number of nitrogens with one attached hydrogen (secondary N) is 2. The first-order valence-corrected chi connectivity index (χ1v) is 7.63. The van der Waals surface area contributed by atoms with Crippen molar-refractivity contribution in [3.8, 4) is 11.5 Å². The highest BCUT2D eigenvalue weighted by Crippen LogP contribution is 2.35. The van der Waals surface area contributed by atoms with Gasteiger partial charge in [0.05, 0.1) is 18.7 Å². The van der Waals surface area contributed by atoms with Crippen LogP contribution < -0.4 is 20.3 Å². The van der Waals surface area contributed by atoms with E-state index in [9.17, 15) is 9.59 Å². The predicted molar refractivity (Wildman–Crippen MR) is 87.4 cm³/mol. The minimum absolute atomic E-state index is 0.0851. The summed E-state index contributed by atoms with van der Waals surface area (Å²) < 4.78 is 11.3. The third-order valence-electron chi connectivity index (χ3n) is 3.46. The Kier molecular flexibility index (Phi) is 3.75. The molecule has 2 aromatic rings. The van der Waals surface area contributed by atoms with Gasteiger partial charge in [-0.2, -0.15) is 0 Å². The number of carbonyl (C=O) groups excluding carboxylic acids is 1. The molecule has 122 valence electrons. The van der Waals surface area contributed by atoms with Crippen molar-refractivity contribution < 1.29 is 14.3 Å². The summed E-state index contributed by atoms with van der Waals surface area (Å²) in [6, 6.07) is 5.20. The Morgan fingerprint density at radius 3 is 2.70 bits per heavy atom. The fourth-order valence-corrected chi connectivity index (χ4v) is 2.48. The minimum atomic E-state index is -0.444. The number of pyridine rings is 1. The molecule has 1 amide bonds. The monoisotopic (exact) mass is 316 g/mol. The molecule has 0 fully saturated rings. The molecule has 23 heavy (non-hydrogen) atoms. The van der Waals surface area contributed by atoms with E-state index in [2.05, 4.69) is 10.3 Å². The smallest absolute Gasteiger partial charge is 0.261 e. The second kappa shape index (κ2) is 5.61. The molecule has 1 aliphatic heterocycles. The number of aromatic amines is 1. The number of hydrogen-bond acceptors (Lipinski definition) is 4. The van der Waals surface area contributed by atoms with Crippen LogP contribution in [0.3, 0.4) is 0 Å².